The van der Waals surface area contributed by atoms with Gasteiger partial charge in [0, 0.05) is 34.8 Å². The molecule has 0 saturated carbocycles. The fourth-order valence-corrected chi connectivity index (χ4v) is 3.29. The Morgan fingerprint density at radius 1 is 1.12 bits per heavy atom. The summed E-state index contributed by atoms with van der Waals surface area (Å²) in [7, 11) is 0. The first-order valence-electron chi connectivity index (χ1n) is 9.61. The minimum atomic E-state index is -0.803. The van der Waals surface area contributed by atoms with Crippen molar-refractivity contribution in [2.24, 2.45) is 0 Å². The lowest BCUT2D eigenvalue weighted by molar-refractivity contribution is -0.146. The fraction of sp³-hybridized carbons (Fsp3) is 0.136. The molecule has 2 heterocycles. The molecule has 0 unspecified atom stereocenters. The third-order valence-corrected chi connectivity index (χ3v) is 4.99. The molecule has 1 aliphatic heterocycles. The first-order valence-corrected chi connectivity index (χ1v) is 9.98. The van der Waals surface area contributed by atoms with Gasteiger partial charge in [-0.25, -0.2) is 4.98 Å². The van der Waals surface area contributed by atoms with Gasteiger partial charge in [0.25, 0.3) is 11.5 Å². The average Bonchev–Trinajstić information content (AvgIpc) is 3.22. The third kappa shape index (κ3) is 4.61. The van der Waals surface area contributed by atoms with E-state index < -0.39 is 23.5 Å². The molecule has 9 nitrogen and oxygen atoms in total. The van der Waals surface area contributed by atoms with Gasteiger partial charge in [-0.05, 0) is 36.4 Å². The van der Waals surface area contributed by atoms with Gasteiger partial charge in [-0.2, -0.15) is 5.26 Å². The van der Waals surface area contributed by atoms with Crippen LogP contribution >= 0.6 is 11.6 Å². The molecule has 1 saturated heterocycles. The minimum Gasteiger partial charge on any atom is -0.452 e. The van der Waals surface area contributed by atoms with Crippen molar-refractivity contribution in [1.29, 1.82) is 5.26 Å². The molecule has 1 fully saturated rings. The number of nitriles is 1. The van der Waals surface area contributed by atoms with Crippen molar-refractivity contribution in [3.63, 3.8) is 0 Å². The molecular formula is C22H16ClN5O4. The summed E-state index contributed by atoms with van der Waals surface area (Å²) in [6.45, 7) is 0. The molecule has 10 heteroatoms. The molecule has 0 bridgehead atoms. The second kappa shape index (κ2) is 8.91. The molecule has 0 spiro atoms. The van der Waals surface area contributed by atoms with Crippen molar-refractivity contribution in [3.05, 3.63) is 69.5 Å². The van der Waals surface area contributed by atoms with Gasteiger partial charge in [0.15, 0.2) is 6.10 Å². The second-order valence-electron chi connectivity index (χ2n) is 6.97. The predicted molar refractivity (Wildman–Crippen MR) is 117 cm³/mol. The van der Waals surface area contributed by atoms with Gasteiger partial charge >= 0.3 is 5.97 Å². The summed E-state index contributed by atoms with van der Waals surface area (Å²) < 4.78 is 4.95. The summed E-state index contributed by atoms with van der Waals surface area (Å²) in [6, 6.07) is 15.2. The van der Waals surface area contributed by atoms with Crippen molar-refractivity contribution in [1.82, 2.24) is 9.97 Å². The van der Waals surface area contributed by atoms with Crippen LogP contribution in [0, 0.1) is 11.3 Å². The van der Waals surface area contributed by atoms with E-state index in [1.165, 1.54) is 0 Å². The number of nitrogens with zero attached hydrogens (tertiary/aromatic N) is 2. The quantitative estimate of drug-likeness (QED) is 0.508. The molecule has 1 atom stereocenters. The van der Waals surface area contributed by atoms with E-state index in [-0.39, 0.29) is 23.6 Å². The van der Waals surface area contributed by atoms with Crippen molar-refractivity contribution < 1.29 is 14.3 Å². The van der Waals surface area contributed by atoms with Crippen LogP contribution in [0.3, 0.4) is 0 Å². The van der Waals surface area contributed by atoms with Gasteiger partial charge in [0.2, 0.25) is 5.95 Å². The highest BCUT2D eigenvalue weighted by Crippen LogP contribution is 2.24. The highest BCUT2D eigenvalue weighted by Gasteiger charge is 2.29. The van der Waals surface area contributed by atoms with Gasteiger partial charge in [-0.15, -0.1) is 0 Å². The first-order chi connectivity index (χ1) is 15.4. The van der Waals surface area contributed by atoms with Crippen LogP contribution in [0.4, 0.5) is 17.3 Å². The van der Waals surface area contributed by atoms with Crippen LogP contribution in [-0.2, 0) is 14.3 Å². The van der Waals surface area contributed by atoms with E-state index in [1.54, 1.807) is 48.5 Å². The van der Waals surface area contributed by atoms with Crippen LogP contribution in [0.15, 0.2) is 53.3 Å². The summed E-state index contributed by atoms with van der Waals surface area (Å²) in [6.07, 6.45) is -0.244. The maximum Gasteiger partial charge on any atom is 0.306 e. The molecule has 0 aliphatic carbocycles. The zero-order valence-corrected chi connectivity index (χ0v) is 17.3. The Balaban J connectivity index is 1.58. The molecule has 2 aromatic carbocycles. The number of hydrogen-bond donors (Lipinski definition) is 3. The third-order valence-electron chi connectivity index (χ3n) is 4.74. The smallest absolute Gasteiger partial charge is 0.306 e. The van der Waals surface area contributed by atoms with E-state index >= 15 is 0 Å². The Morgan fingerprint density at radius 3 is 2.44 bits per heavy atom. The zero-order chi connectivity index (χ0) is 22.7. The van der Waals surface area contributed by atoms with E-state index in [0.29, 0.717) is 28.4 Å². The molecule has 1 aromatic heterocycles. The highest BCUT2D eigenvalue weighted by molar-refractivity contribution is 6.30. The summed E-state index contributed by atoms with van der Waals surface area (Å²) in [5.41, 5.74) is 1.10. The number of rotatable bonds is 5. The number of carbonyl (C=O) groups is 2. The lowest BCUT2D eigenvalue weighted by Crippen LogP contribution is -2.27. The Kier molecular flexibility index (Phi) is 5.87. The molecule has 3 N–H and O–H groups in total. The topological polar surface area (TPSA) is 137 Å². The van der Waals surface area contributed by atoms with E-state index in [1.807, 2.05) is 6.07 Å². The second-order valence-corrected chi connectivity index (χ2v) is 7.40. The van der Waals surface area contributed by atoms with Crippen LogP contribution in [0.25, 0.3) is 11.3 Å². The predicted octanol–water partition coefficient (Wildman–Crippen LogP) is 3.35. The molecule has 0 radical (unpaired) electrons. The monoisotopic (exact) mass is 449 g/mol. The molecule has 1 aliphatic rings. The minimum absolute atomic E-state index is 0.138. The summed E-state index contributed by atoms with van der Waals surface area (Å²) in [5, 5.41) is 15.7. The van der Waals surface area contributed by atoms with Crippen molar-refractivity contribution in [3.8, 4) is 17.3 Å². The van der Waals surface area contributed by atoms with Crippen molar-refractivity contribution in [2.45, 2.75) is 18.9 Å². The largest absolute Gasteiger partial charge is 0.452 e. The highest BCUT2D eigenvalue weighted by atomic mass is 35.5. The summed E-state index contributed by atoms with van der Waals surface area (Å²) in [4.78, 5) is 42.7. The van der Waals surface area contributed by atoms with Gasteiger partial charge in [0.1, 0.15) is 11.6 Å². The normalized spacial score (nSPS) is 15.0. The number of esters is 1. The van der Waals surface area contributed by atoms with Crippen LogP contribution in [0.1, 0.15) is 18.4 Å². The van der Waals surface area contributed by atoms with Crippen molar-refractivity contribution >= 4 is 40.8 Å². The molecule has 4 rings (SSSR count). The number of aromatic nitrogens is 2. The summed E-state index contributed by atoms with van der Waals surface area (Å²) >= 11 is 5.89. The first kappa shape index (κ1) is 21.1. The zero-order valence-electron chi connectivity index (χ0n) is 16.5. The number of hydrogen-bond acceptors (Lipinski definition) is 7. The van der Waals surface area contributed by atoms with Gasteiger partial charge < -0.3 is 15.4 Å². The van der Waals surface area contributed by atoms with E-state index in [4.69, 9.17) is 16.3 Å². The SMILES string of the molecule is N#Cc1c(-c2ccc(NC(=O)[C@@H]3CCC(=O)O3)cc2)nc(Nc2ccc(Cl)cc2)[nH]c1=O. The number of aromatic amines is 1. The maximum atomic E-state index is 12.4. The number of nitrogens with one attached hydrogen (secondary N) is 3. The van der Waals surface area contributed by atoms with Crippen LogP contribution in [-0.4, -0.2) is 27.9 Å². The average molecular weight is 450 g/mol. The number of H-pyrrole nitrogens is 1. The number of ether oxygens (including phenoxy) is 1. The lowest BCUT2D eigenvalue weighted by Gasteiger charge is -2.11. The molecule has 160 valence electrons. The number of amides is 1. The van der Waals surface area contributed by atoms with Crippen molar-refractivity contribution in [2.75, 3.05) is 10.6 Å². The van der Waals surface area contributed by atoms with Crippen LogP contribution in [0.2, 0.25) is 5.02 Å². The van der Waals surface area contributed by atoms with Crippen LogP contribution in [0.5, 0.6) is 0 Å². The Hall–Kier alpha value is -4.16. The van der Waals surface area contributed by atoms with E-state index in [0.717, 1.165) is 0 Å². The standard InChI is InChI=1S/C22H16ClN5O4/c23-13-3-7-15(8-4-13)26-22-27-19(16(11-24)20(30)28-22)12-1-5-14(6-2-12)25-21(31)17-9-10-18(29)32-17/h1-8,17H,9-10H2,(H,25,31)(H2,26,27,28,30)/t17-/m0/s1. The summed E-state index contributed by atoms with van der Waals surface area (Å²) in [5.74, 6) is -0.648. The van der Waals surface area contributed by atoms with E-state index in [2.05, 4.69) is 20.6 Å². The number of carbonyl (C=O) groups excluding carboxylic acids is 2. The van der Waals surface area contributed by atoms with Gasteiger partial charge in [0.05, 0.1) is 5.69 Å². The number of halogens is 1. The molecule has 1 amide bonds. The Bertz CT molecular complexity index is 1280. The Morgan fingerprint density at radius 2 is 1.81 bits per heavy atom. The maximum absolute atomic E-state index is 12.4. The fourth-order valence-electron chi connectivity index (χ4n) is 3.16. The lowest BCUT2D eigenvalue weighted by atomic mass is 10.1. The van der Waals surface area contributed by atoms with Crippen LogP contribution < -0.4 is 16.2 Å². The van der Waals surface area contributed by atoms with Gasteiger partial charge in [-0.1, -0.05) is 23.7 Å². The number of anilines is 3. The molecule has 32 heavy (non-hydrogen) atoms. The Labute approximate surface area is 187 Å². The molecule has 3 aromatic rings. The van der Waals surface area contributed by atoms with E-state index in [9.17, 15) is 19.6 Å². The molecular weight excluding hydrogens is 434 g/mol. The number of cyclic esters (lactones) is 1. The number of benzene rings is 2. The van der Waals surface area contributed by atoms with Gasteiger partial charge in [-0.3, -0.25) is 19.4 Å².